The molecule has 0 aromatic heterocycles. The molecular formula is C90H134O3S2. The summed E-state index contributed by atoms with van der Waals surface area (Å²) in [6.45, 7) is 44.2. The van der Waals surface area contributed by atoms with Gasteiger partial charge in [-0.25, -0.2) is 9.00 Å². The molecule has 3 heterocycles. The quantitative estimate of drug-likeness (QED) is 0.145. The van der Waals surface area contributed by atoms with Crippen LogP contribution in [-0.2, 0) is 32.0 Å². The first-order valence-corrected chi connectivity index (χ1v) is 40.3. The summed E-state index contributed by atoms with van der Waals surface area (Å²) in [7, 11) is -1.04. The van der Waals surface area contributed by atoms with Crippen molar-refractivity contribution < 1.29 is 13.7 Å². The number of carbonyl (C=O) groups is 1. The second kappa shape index (κ2) is 32.2. The van der Waals surface area contributed by atoms with Crippen LogP contribution >= 0.6 is 11.8 Å². The van der Waals surface area contributed by atoms with Gasteiger partial charge in [-0.2, -0.15) is 0 Å². The van der Waals surface area contributed by atoms with Gasteiger partial charge in [0, 0.05) is 36.0 Å². The Labute approximate surface area is 589 Å². The van der Waals surface area contributed by atoms with Crippen molar-refractivity contribution in [2.45, 2.75) is 335 Å². The molecule has 15 rings (SSSR count). The minimum atomic E-state index is -1.04. The van der Waals surface area contributed by atoms with Gasteiger partial charge in [-0.15, -0.1) is 0 Å². The zero-order valence-corrected chi connectivity index (χ0v) is 65.5. The Bertz CT molecular complexity index is 3160. The lowest BCUT2D eigenvalue weighted by atomic mass is 9.59. The van der Waals surface area contributed by atoms with Crippen LogP contribution in [-0.4, -0.2) is 10.2 Å². The molecule has 0 radical (unpaired) electrons. The van der Waals surface area contributed by atoms with Crippen LogP contribution in [0, 0.1) is 62.1 Å². The third-order valence-corrected chi connectivity index (χ3v) is 27.0. The van der Waals surface area contributed by atoms with Gasteiger partial charge in [0.05, 0.1) is 16.4 Å². The van der Waals surface area contributed by atoms with E-state index >= 15 is 0 Å². The third kappa shape index (κ3) is 20.8. The van der Waals surface area contributed by atoms with Crippen molar-refractivity contribution in [1.82, 2.24) is 0 Å². The monoisotopic (exact) mass is 1330 g/mol. The first kappa shape index (κ1) is 76.8. The lowest BCUT2D eigenvalue weighted by molar-refractivity contribution is 0.00951. The number of fused-ring (bicyclic) bond motifs is 7. The highest BCUT2D eigenvalue weighted by Gasteiger charge is 2.42. The first-order valence-electron chi connectivity index (χ1n) is 38.3. The molecule has 5 aromatic rings. The predicted molar refractivity (Wildman–Crippen MR) is 410 cm³/mol. The van der Waals surface area contributed by atoms with Crippen LogP contribution in [0.4, 0.5) is 0 Å². The number of cyclic esters (lactones) is 1. The molecule has 4 unspecified atom stereocenters. The highest BCUT2D eigenvalue weighted by atomic mass is 32.2. The Morgan fingerprint density at radius 1 is 0.379 bits per heavy atom. The van der Waals surface area contributed by atoms with E-state index in [4.69, 9.17) is 4.74 Å². The van der Waals surface area contributed by atoms with Crippen LogP contribution in [0.1, 0.15) is 337 Å². The van der Waals surface area contributed by atoms with Crippen molar-refractivity contribution in [2.75, 3.05) is 0 Å². The van der Waals surface area contributed by atoms with Gasteiger partial charge < -0.3 is 4.74 Å². The summed E-state index contributed by atoms with van der Waals surface area (Å²) in [4.78, 5) is 16.0. The van der Waals surface area contributed by atoms with Gasteiger partial charge in [0.1, 0.15) is 5.60 Å². The van der Waals surface area contributed by atoms with E-state index in [2.05, 4.69) is 178 Å². The largest absolute Gasteiger partial charge is 0.451 e. The molecule has 3 nitrogen and oxygen atoms in total. The van der Waals surface area contributed by atoms with Crippen LogP contribution in [0.25, 0.3) is 0 Å². The predicted octanol–water partition coefficient (Wildman–Crippen LogP) is 27.5. The smallest absolute Gasteiger partial charge is 0.339 e. The number of ether oxygens (including phenoxy) is 1. The summed E-state index contributed by atoms with van der Waals surface area (Å²) in [5.74, 6) is 5.10. The molecule has 4 atom stereocenters. The van der Waals surface area contributed by atoms with Crippen molar-refractivity contribution in [3.8, 4) is 0 Å². The van der Waals surface area contributed by atoms with Gasteiger partial charge >= 0.3 is 5.97 Å². The van der Waals surface area contributed by atoms with E-state index in [1.165, 1.54) is 193 Å². The molecule has 5 aromatic carbocycles. The van der Waals surface area contributed by atoms with Crippen molar-refractivity contribution in [1.29, 1.82) is 0 Å². The first-order chi connectivity index (χ1) is 44.5. The van der Waals surface area contributed by atoms with Crippen LogP contribution in [0.5, 0.6) is 0 Å². The van der Waals surface area contributed by atoms with Crippen molar-refractivity contribution in [3.05, 3.63) is 155 Å². The van der Waals surface area contributed by atoms with Gasteiger partial charge in [0.25, 0.3) is 0 Å². The fourth-order valence-corrected chi connectivity index (χ4v) is 22.7. The van der Waals surface area contributed by atoms with Gasteiger partial charge in [-0.1, -0.05) is 310 Å². The summed E-state index contributed by atoms with van der Waals surface area (Å²) in [6.07, 6.45) is 38.6. The van der Waals surface area contributed by atoms with E-state index in [-0.39, 0.29) is 16.8 Å². The highest BCUT2D eigenvalue weighted by Crippen LogP contribution is 2.53. The molecule has 0 bridgehead atoms. The number of hydrogen-bond donors (Lipinski definition) is 0. The van der Waals surface area contributed by atoms with E-state index in [9.17, 15) is 9.00 Å². The number of carbonyl (C=O) groups excluding carboxylic acids is 1. The summed E-state index contributed by atoms with van der Waals surface area (Å²) in [6, 6.07) is 41.0. The lowest BCUT2D eigenvalue weighted by Gasteiger charge is -2.46. The fourth-order valence-electron chi connectivity index (χ4n) is 19.6. The van der Waals surface area contributed by atoms with Crippen molar-refractivity contribution in [3.63, 3.8) is 0 Å². The highest BCUT2D eigenvalue weighted by molar-refractivity contribution is 7.99. The number of esters is 1. The summed E-state index contributed by atoms with van der Waals surface area (Å²) >= 11 is 1.88. The topological polar surface area (TPSA) is 43.4 Å². The normalized spacial score (nSPS) is 26.4. The summed E-state index contributed by atoms with van der Waals surface area (Å²) in [5.41, 5.74) is 10.4. The van der Waals surface area contributed by atoms with Gasteiger partial charge in [0.15, 0.2) is 0 Å². The number of hydrogen-bond acceptors (Lipinski definition) is 4. The number of rotatable bonds is 0. The molecule has 0 saturated heterocycles. The molecule has 7 fully saturated rings. The second-order valence-electron chi connectivity index (χ2n) is 37.4. The molecule has 10 aliphatic rings. The second-order valence-corrected chi connectivity index (χ2v) is 39.9. The zero-order chi connectivity index (χ0) is 69.3. The van der Waals surface area contributed by atoms with Gasteiger partial charge in [0.2, 0.25) is 0 Å². The van der Waals surface area contributed by atoms with Crippen LogP contribution in [0.2, 0.25) is 0 Å². The van der Waals surface area contributed by atoms with Gasteiger partial charge in [-0.3, -0.25) is 0 Å². The van der Waals surface area contributed by atoms with Crippen molar-refractivity contribution >= 4 is 28.5 Å². The van der Waals surface area contributed by atoms with E-state index in [0.717, 1.165) is 44.9 Å². The Balaban J connectivity index is 0.000000141. The molecule has 7 saturated carbocycles. The van der Waals surface area contributed by atoms with E-state index < -0.39 is 16.4 Å². The number of benzene rings is 5. The Hall–Kier alpha value is -3.93. The molecule has 0 amide bonds. The maximum Gasteiger partial charge on any atom is 0.339 e. The maximum absolute atomic E-state index is 12.5. The van der Waals surface area contributed by atoms with Crippen molar-refractivity contribution in [2.24, 2.45) is 62.1 Å². The SMILES string of the molecule is CC1(C)CCC2CCCCC2C1.CC1(C)CCCC1.CC1(C)CCCC2CCCCC21.CC1(C)CCCCC1.CC1(C)OC(=O)c2ccccc21.CC1(C)c2ccccc2S(=O)c2ccccc21.CC1(C)c2ccccc2Sc2ccccc21.CC1CC(C)(C)CC(C)(C)C1. The molecular weight excluding hydrogens is 1190 g/mol. The molecule has 524 valence electrons. The van der Waals surface area contributed by atoms with Crippen LogP contribution in [0.3, 0.4) is 0 Å². The minimum Gasteiger partial charge on any atom is -0.451 e. The molecule has 0 spiro atoms. The third-order valence-electron chi connectivity index (χ3n) is 24.3. The maximum atomic E-state index is 12.5. The zero-order valence-electron chi connectivity index (χ0n) is 63.9. The van der Waals surface area contributed by atoms with Gasteiger partial charge in [-0.05, 0) is 206 Å². The van der Waals surface area contributed by atoms with Crippen LogP contribution < -0.4 is 0 Å². The minimum absolute atomic E-state index is 0.0684. The Kier molecular flexibility index (Phi) is 26.0. The van der Waals surface area contributed by atoms with E-state index in [1.54, 1.807) is 12.5 Å². The Morgan fingerprint density at radius 2 is 0.789 bits per heavy atom. The lowest BCUT2D eigenvalue weighted by Crippen LogP contribution is -2.36. The summed E-state index contributed by atoms with van der Waals surface area (Å²) in [5, 5.41) is 0. The average Bonchev–Trinajstić information content (AvgIpc) is 1.52. The molecule has 5 heteroatoms. The average molecular weight is 1330 g/mol. The fraction of sp³-hybridized carbons (Fsp3) is 0.656. The van der Waals surface area contributed by atoms with Crippen LogP contribution in [0.15, 0.2) is 141 Å². The standard InChI is InChI=1S/C15H14OS.C15H14S.2C12H22.C11H22.C10H10O2.C8H16.C7H14/c1-15(2)11-7-3-5-9-13(11)17(16)14-10-6-4-8-12(14)15;1-15(2)11-7-3-5-9-13(11)16-14-10-6-4-8-12(14)15;1-12(2)9-5-7-10-6-3-4-8-11(10)12;1-12(2)8-7-10-5-3-4-6-11(10)9-12;1-9-6-10(2,3)8-11(4,5)7-9;1-10(2)8-6-4-3-5-7(8)9(11)12-10;1-8(2)6-4-3-5-7-8;1-7(2)5-3-4-6-7/h3-10H,1-2H3;3-10H,1-2H3;2*10-11H,3-9H2,1-2H3;9H,6-8H2,1-5H3;3-6H,1-2H3;3-7H2,1-2H3;3-6H2,1-2H3. The molecule has 7 aliphatic carbocycles. The van der Waals surface area contributed by atoms with E-state index in [0.29, 0.717) is 38.1 Å². The van der Waals surface area contributed by atoms with E-state index in [1.807, 2.05) is 80.2 Å². The Morgan fingerprint density at radius 3 is 1.25 bits per heavy atom. The summed E-state index contributed by atoms with van der Waals surface area (Å²) < 4.78 is 17.7. The molecule has 0 N–H and O–H groups in total. The molecule has 3 aliphatic heterocycles. The molecule has 95 heavy (non-hydrogen) atoms.